The maximum Gasteiger partial charge on any atom is 0.120 e. The van der Waals surface area contributed by atoms with Crippen molar-refractivity contribution in [3.05, 3.63) is 64.7 Å². The van der Waals surface area contributed by atoms with Crippen molar-refractivity contribution in [1.82, 2.24) is 4.90 Å². The van der Waals surface area contributed by atoms with Gasteiger partial charge in [-0.25, -0.2) is 0 Å². The first-order chi connectivity index (χ1) is 14.0. The van der Waals surface area contributed by atoms with E-state index in [0.717, 1.165) is 24.0 Å². The summed E-state index contributed by atoms with van der Waals surface area (Å²) >= 11 is 5.95. The molecule has 0 bridgehead atoms. The number of benzene rings is 2. The number of halogens is 1. The minimum Gasteiger partial charge on any atom is -0.508 e. The van der Waals surface area contributed by atoms with Gasteiger partial charge in [-0.3, -0.25) is 4.90 Å². The van der Waals surface area contributed by atoms with Crippen molar-refractivity contribution >= 4 is 11.6 Å². The summed E-state index contributed by atoms with van der Waals surface area (Å²) in [6, 6.07) is 15.5. The molecule has 3 rings (SSSR count). The first-order valence-corrected chi connectivity index (χ1v) is 11.0. The third-order valence-electron chi connectivity index (χ3n) is 5.78. The van der Waals surface area contributed by atoms with Crippen LogP contribution in [0.4, 0.5) is 0 Å². The Morgan fingerprint density at radius 3 is 2.45 bits per heavy atom. The molecule has 1 aliphatic carbocycles. The Kier molecular flexibility index (Phi) is 8.37. The van der Waals surface area contributed by atoms with Crippen molar-refractivity contribution in [3.63, 3.8) is 0 Å². The Bertz CT molecular complexity index is 746. The summed E-state index contributed by atoms with van der Waals surface area (Å²) in [5, 5.41) is 21.6. The number of phenols is 1. The molecule has 29 heavy (non-hydrogen) atoms. The molecule has 0 aromatic heterocycles. The smallest absolute Gasteiger partial charge is 0.120 e. The predicted molar refractivity (Wildman–Crippen MR) is 117 cm³/mol. The number of rotatable bonds is 9. The first-order valence-electron chi connectivity index (χ1n) is 10.6. The van der Waals surface area contributed by atoms with Gasteiger partial charge in [0.1, 0.15) is 5.75 Å². The molecule has 2 aromatic rings. The Morgan fingerprint density at radius 1 is 1.07 bits per heavy atom. The molecule has 2 N–H and O–H groups in total. The highest BCUT2D eigenvalue weighted by Crippen LogP contribution is 2.27. The minimum atomic E-state index is -0.586. The maximum atomic E-state index is 10.7. The molecular formula is C24H32ClNO3. The molecule has 5 heteroatoms. The average molecular weight is 418 g/mol. The van der Waals surface area contributed by atoms with Crippen LogP contribution in [0.25, 0.3) is 0 Å². The second-order valence-electron chi connectivity index (χ2n) is 8.03. The summed E-state index contributed by atoms with van der Waals surface area (Å²) in [5.74, 6) is 0.315. The molecule has 0 aliphatic heterocycles. The van der Waals surface area contributed by atoms with Gasteiger partial charge in [0.05, 0.1) is 18.8 Å². The monoisotopic (exact) mass is 417 g/mol. The average Bonchev–Trinajstić information content (AvgIpc) is 2.74. The molecule has 0 amide bonds. The van der Waals surface area contributed by atoms with E-state index in [2.05, 4.69) is 4.90 Å². The van der Waals surface area contributed by atoms with Crippen molar-refractivity contribution in [3.8, 4) is 5.75 Å². The predicted octanol–water partition coefficient (Wildman–Crippen LogP) is 5.32. The summed E-state index contributed by atoms with van der Waals surface area (Å²) in [5.41, 5.74) is 1.95. The number of ether oxygens (including phenoxy) is 1. The van der Waals surface area contributed by atoms with Gasteiger partial charge in [0.25, 0.3) is 0 Å². The SMILES string of the molecule is CC(OCC(O)CN(Cc1ccccc1O)C1CCCCC1)c1ccc(Cl)cc1. The zero-order chi connectivity index (χ0) is 20.6. The van der Waals surface area contributed by atoms with E-state index in [-0.39, 0.29) is 12.7 Å². The highest BCUT2D eigenvalue weighted by Gasteiger charge is 2.24. The Labute approximate surface area is 179 Å². The topological polar surface area (TPSA) is 52.9 Å². The van der Waals surface area contributed by atoms with E-state index in [1.807, 2.05) is 49.4 Å². The van der Waals surface area contributed by atoms with E-state index >= 15 is 0 Å². The van der Waals surface area contributed by atoms with Gasteiger partial charge < -0.3 is 14.9 Å². The second-order valence-corrected chi connectivity index (χ2v) is 8.47. The molecule has 2 unspecified atom stereocenters. The molecule has 0 spiro atoms. The fourth-order valence-corrected chi connectivity index (χ4v) is 4.19. The van der Waals surface area contributed by atoms with Crippen molar-refractivity contribution < 1.29 is 14.9 Å². The van der Waals surface area contributed by atoms with E-state index < -0.39 is 6.10 Å². The summed E-state index contributed by atoms with van der Waals surface area (Å²) in [6.07, 6.45) is 5.32. The number of phenolic OH excluding ortho intramolecular Hbond substituents is 1. The number of aromatic hydroxyl groups is 1. The van der Waals surface area contributed by atoms with E-state index in [0.29, 0.717) is 29.9 Å². The first kappa shape index (κ1) is 22.1. The van der Waals surface area contributed by atoms with Gasteiger partial charge in [0, 0.05) is 29.7 Å². The number of aliphatic hydroxyl groups is 1. The van der Waals surface area contributed by atoms with Crippen molar-refractivity contribution in [2.45, 2.75) is 63.8 Å². The second kappa shape index (κ2) is 11.0. The zero-order valence-corrected chi connectivity index (χ0v) is 17.9. The summed E-state index contributed by atoms with van der Waals surface area (Å²) in [7, 11) is 0. The Hall–Kier alpha value is -1.59. The van der Waals surface area contributed by atoms with Crippen LogP contribution in [0.15, 0.2) is 48.5 Å². The number of hydrogen-bond donors (Lipinski definition) is 2. The van der Waals surface area contributed by atoms with Crippen LogP contribution in [-0.4, -0.2) is 40.4 Å². The van der Waals surface area contributed by atoms with Crippen LogP contribution in [-0.2, 0) is 11.3 Å². The molecule has 0 heterocycles. The quantitative estimate of drug-likeness (QED) is 0.579. The van der Waals surface area contributed by atoms with Crippen LogP contribution in [0.1, 0.15) is 56.3 Å². The maximum absolute atomic E-state index is 10.7. The molecule has 1 saturated carbocycles. The van der Waals surface area contributed by atoms with Gasteiger partial charge in [0.15, 0.2) is 0 Å². The van der Waals surface area contributed by atoms with E-state index in [4.69, 9.17) is 16.3 Å². The lowest BCUT2D eigenvalue weighted by Crippen LogP contribution is -2.42. The molecule has 0 radical (unpaired) electrons. The van der Waals surface area contributed by atoms with E-state index in [9.17, 15) is 10.2 Å². The lowest BCUT2D eigenvalue weighted by atomic mass is 9.93. The van der Waals surface area contributed by atoms with Crippen LogP contribution in [0, 0.1) is 0 Å². The minimum absolute atomic E-state index is 0.108. The van der Waals surface area contributed by atoms with Gasteiger partial charge in [-0.2, -0.15) is 0 Å². The van der Waals surface area contributed by atoms with Gasteiger partial charge in [-0.1, -0.05) is 61.2 Å². The highest BCUT2D eigenvalue weighted by molar-refractivity contribution is 6.30. The third kappa shape index (κ3) is 6.71. The zero-order valence-electron chi connectivity index (χ0n) is 17.1. The standard InChI is InChI=1S/C24H32ClNO3/c1-18(19-11-13-21(25)14-12-19)29-17-23(27)16-26(22-8-3-2-4-9-22)15-20-7-5-6-10-24(20)28/h5-7,10-14,18,22-23,27-28H,2-4,8-9,15-17H2,1H3. The lowest BCUT2D eigenvalue weighted by molar-refractivity contribution is -0.0247. The third-order valence-corrected chi connectivity index (χ3v) is 6.03. The van der Waals surface area contributed by atoms with Gasteiger partial charge in [0.2, 0.25) is 0 Å². The van der Waals surface area contributed by atoms with Crippen molar-refractivity contribution in [2.24, 2.45) is 0 Å². The molecular weight excluding hydrogens is 386 g/mol. The van der Waals surface area contributed by atoms with Crippen LogP contribution in [0.3, 0.4) is 0 Å². The van der Waals surface area contributed by atoms with Crippen LogP contribution < -0.4 is 0 Å². The van der Waals surface area contributed by atoms with Gasteiger partial charge >= 0.3 is 0 Å². The molecule has 1 fully saturated rings. The van der Waals surface area contributed by atoms with Gasteiger partial charge in [-0.05, 0) is 43.5 Å². The van der Waals surface area contributed by atoms with Crippen molar-refractivity contribution in [1.29, 1.82) is 0 Å². The molecule has 2 atom stereocenters. The highest BCUT2D eigenvalue weighted by atomic mass is 35.5. The van der Waals surface area contributed by atoms with Gasteiger partial charge in [-0.15, -0.1) is 0 Å². The fraction of sp³-hybridized carbons (Fsp3) is 0.500. The van der Waals surface area contributed by atoms with Crippen LogP contribution >= 0.6 is 11.6 Å². The molecule has 2 aromatic carbocycles. The Morgan fingerprint density at radius 2 is 1.76 bits per heavy atom. The normalized spacial score (nSPS) is 17.4. The molecule has 158 valence electrons. The van der Waals surface area contributed by atoms with Crippen LogP contribution in [0.5, 0.6) is 5.75 Å². The number of aliphatic hydroxyl groups excluding tert-OH is 1. The number of nitrogens with zero attached hydrogens (tertiary/aromatic N) is 1. The molecule has 4 nitrogen and oxygen atoms in total. The fourth-order valence-electron chi connectivity index (χ4n) is 4.06. The van der Waals surface area contributed by atoms with Crippen LogP contribution in [0.2, 0.25) is 5.02 Å². The Balaban J connectivity index is 1.58. The summed E-state index contributed by atoms with van der Waals surface area (Å²) < 4.78 is 5.92. The largest absolute Gasteiger partial charge is 0.508 e. The van der Waals surface area contributed by atoms with E-state index in [1.54, 1.807) is 6.07 Å². The summed E-state index contributed by atoms with van der Waals surface area (Å²) in [4.78, 5) is 2.31. The molecule has 1 aliphatic rings. The van der Waals surface area contributed by atoms with Crippen molar-refractivity contribution in [2.75, 3.05) is 13.2 Å². The molecule has 0 saturated heterocycles. The number of para-hydroxylation sites is 1. The van der Waals surface area contributed by atoms with E-state index in [1.165, 1.54) is 19.3 Å². The number of hydrogen-bond acceptors (Lipinski definition) is 4. The lowest BCUT2D eigenvalue weighted by Gasteiger charge is -2.36. The summed E-state index contributed by atoms with van der Waals surface area (Å²) in [6.45, 7) is 3.43.